The van der Waals surface area contributed by atoms with Crippen molar-refractivity contribution >= 4 is 0 Å². The average molecular weight is 292 g/mol. The van der Waals surface area contributed by atoms with Gasteiger partial charge in [0.2, 0.25) is 0 Å². The molecule has 0 bridgehead atoms. The lowest BCUT2D eigenvalue weighted by atomic mass is 9.85. The largest absolute Gasteiger partial charge is 0.468 e. The van der Waals surface area contributed by atoms with Gasteiger partial charge in [0, 0.05) is 23.7 Å². The minimum atomic E-state index is 0.145. The standard InChI is InChI=1S/C18H32N2O/c1-14-8-6-7-9-17(14)20(5)12-16-10-15(13-21-16)11-19-18(2,3)4/h10,13-14,17,19H,6-9,11-12H2,1-5H3. The van der Waals surface area contributed by atoms with Crippen LogP contribution in [0.25, 0.3) is 0 Å². The highest BCUT2D eigenvalue weighted by Crippen LogP contribution is 2.28. The van der Waals surface area contributed by atoms with Crippen molar-refractivity contribution in [1.29, 1.82) is 0 Å². The van der Waals surface area contributed by atoms with Gasteiger partial charge in [-0.2, -0.15) is 0 Å². The van der Waals surface area contributed by atoms with Crippen molar-refractivity contribution in [2.75, 3.05) is 7.05 Å². The van der Waals surface area contributed by atoms with Crippen LogP contribution in [0.3, 0.4) is 0 Å². The molecule has 1 N–H and O–H groups in total. The van der Waals surface area contributed by atoms with E-state index >= 15 is 0 Å². The molecule has 1 aromatic rings. The molecule has 1 aromatic heterocycles. The maximum Gasteiger partial charge on any atom is 0.118 e. The molecule has 1 fully saturated rings. The molecule has 2 rings (SSSR count). The van der Waals surface area contributed by atoms with Gasteiger partial charge in [0.25, 0.3) is 0 Å². The van der Waals surface area contributed by atoms with Crippen molar-refractivity contribution in [3.05, 3.63) is 23.7 Å². The summed E-state index contributed by atoms with van der Waals surface area (Å²) in [5.74, 6) is 1.89. The second-order valence-corrected chi connectivity index (χ2v) is 7.77. The third-order valence-electron chi connectivity index (χ3n) is 4.57. The fraction of sp³-hybridized carbons (Fsp3) is 0.778. The first-order valence-electron chi connectivity index (χ1n) is 8.37. The number of rotatable bonds is 5. The lowest BCUT2D eigenvalue weighted by molar-refractivity contribution is 0.125. The van der Waals surface area contributed by atoms with Gasteiger partial charge in [0.15, 0.2) is 0 Å². The van der Waals surface area contributed by atoms with Gasteiger partial charge in [0.05, 0.1) is 12.8 Å². The van der Waals surface area contributed by atoms with E-state index in [-0.39, 0.29) is 5.54 Å². The number of hydrogen-bond acceptors (Lipinski definition) is 3. The highest BCUT2D eigenvalue weighted by molar-refractivity contribution is 5.13. The predicted octanol–water partition coefficient (Wildman–Crippen LogP) is 4.18. The minimum absolute atomic E-state index is 0.145. The van der Waals surface area contributed by atoms with Crippen LogP contribution in [0.1, 0.15) is 64.7 Å². The van der Waals surface area contributed by atoms with E-state index < -0.39 is 0 Å². The fourth-order valence-corrected chi connectivity index (χ4v) is 3.28. The van der Waals surface area contributed by atoms with E-state index in [0.29, 0.717) is 6.04 Å². The summed E-state index contributed by atoms with van der Waals surface area (Å²) in [6.07, 6.45) is 7.37. The van der Waals surface area contributed by atoms with E-state index in [1.165, 1.54) is 31.2 Å². The van der Waals surface area contributed by atoms with E-state index in [1.807, 2.05) is 6.26 Å². The van der Waals surface area contributed by atoms with Crippen molar-refractivity contribution in [1.82, 2.24) is 10.2 Å². The SMILES string of the molecule is CC1CCCCC1N(C)Cc1cc(CNC(C)(C)C)co1. The monoisotopic (exact) mass is 292 g/mol. The summed E-state index contributed by atoms with van der Waals surface area (Å²) in [7, 11) is 2.24. The molecule has 120 valence electrons. The maximum atomic E-state index is 5.74. The Labute approximate surface area is 130 Å². The topological polar surface area (TPSA) is 28.4 Å². The van der Waals surface area contributed by atoms with Crippen LogP contribution >= 0.6 is 0 Å². The molecule has 0 spiro atoms. The van der Waals surface area contributed by atoms with Crippen LogP contribution < -0.4 is 5.32 Å². The van der Waals surface area contributed by atoms with Gasteiger partial charge in [0.1, 0.15) is 5.76 Å². The van der Waals surface area contributed by atoms with Crippen molar-refractivity contribution in [2.45, 2.75) is 78.0 Å². The van der Waals surface area contributed by atoms with E-state index in [4.69, 9.17) is 4.42 Å². The Morgan fingerprint density at radius 3 is 2.67 bits per heavy atom. The lowest BCUT2D eigenvalue weighted by Crippen LogP contribution is -2.38. The smallest absolute Gasteiger partial charge is 0.118 e. The Kier molecular flexibility index (Phi) is 5.50. The molecule has 0 saturated heterocycles. The van der Waals surface area contributed by atoms with Crippen LogP contribution in [-0.2, 0) is 13.1 Å². The third kappa shape index (κ3) is 5.15. The Balaban J connectivity index is 1.86. The molecule has 1 saturated carbocycles. The number of nitrogens with one attached hydrogen (secondary N) is 1. The van der Waals surface area contributed by atoms with Gasteiger partial charge in [-0.1, -0.05) is 19.8 Å². The van der Waals surface area contributed by atoms with Gasteiger partial charge in [-0.05, 0) is 52.6 Å². The maximum absolute atomic E-state index is 5.74. The minimum Gasteiger partial charge on any atom is -0.468 e. The zero-order valence-corrected chi connectivity index (χ0v) is 14.4. The highest BCUT2D eigenvalue weighted by Gasteiger charge is 2.25. The van der Waals surface area contributed by atoms with Gasteiger partial charge >= 0.3 is 0 Å². The van der Waals surface area contributed by atoms with Crippen LogP contribution in [0.15, 0.2) is 16.7 Å². The molecule has 3 heteroatoms. The van der Waals surface area contributed by atoms with Crippen molar-refractivity contribution < 1.29 is 4.42 Å². The second kappa shape index (κ2) is 6.97. The Bertz CT molecular complexity index is 433. The molecular formula is C18H32N2O. The van der Waals surface area contributed by atoms with Gasteiger partial charge in [-0.3, -0.25) is 4.90 Å². The first kappa shape index (κ1) is 16.6. The normalized spacial score (nSPS) is 23.7. The molecule has 1 heterocycles. The van der Waals surface area contributed by atoms with E-state index in [9.17, 15) is 0 Å². The molecule has 3 nitrogen and oxygen atoms in total. The summed E-state index contributed by atoms with van der Waals surface area (Å²) >= 11 is 0. The van der Waals surface area contributed by atoms with E-state index in [2.05, 4.69) is 51.0 Å². The molecule has 0 aromatic carbocycles. The first-order valence-corrected chi connectivity index (χ1v) is 8.37. The van der Waals surface area contributed by atoms with Crippen LogP contribution in [0, 0.1) is 5.92 Å². The van der Waals surface area contributed by atoms with Gasteiger partial charge in [-0.15, -0.1) is 0 Å². The van der Waals surface area contributed by atoms with Crippen LogP contribution in [0.4, 0.5) is 0 Å². The third-order valence-corrected chi connectivity index (χ3v) is 4.57. The van der Waals surface area contributed by atoms with Gasteiger partial charge in [-0.25, -0.2) is 0 Å². The predicted molar refractivity (Wildman–Crippen MR) is 88.2 cm³/mol. The Morgan fingerprint density at radius 2 is 2.00 bits per heavy atom. The molecule has 0 aliphatic heterocycles. The zero-order valence-electron chi connectivity index (χ0n) is 14.4. The van der Waals surface area contributed by atoms with Crippen LogP contribution in [0.5, 0.6) is 0 Å². The molecule has 1 aliphatic rings. The first-order chi connectivity index (χ1) is 9.85. The summed E-state index contributed by atoms with van der Waals surface area (Å²) in [6, 6.07) is 2.91. The Hall–Kier alpha value is -0.800. The summed E-state index contributed by atoms with van der Waals surface area (Å²) in [5.41, 5.74) is 1.39. The molecule has 2 unspecified atom stereocenters. The lowest BCUT2D eigenvalue weighted by Gasteiger charge is -2.35. The molecule has 2 atom stereocenters. The van der Waals surface area contributed by atoms with Crippen molar-refractivity contribution in [3.63, 3.8) is 0 Å². The summed E-state index contributed by atoms with van der Waals surface area (Å²) in [4.78, 5) is 2.48. The molecule has 0 radical (unpaired) electrons. The van der Waals surface area contributed by atoms with Crippen LogP contribution in [0.2, 0.25) is 0 Å². The average Bonchev–Trinajstić information content (AvgIpc) is 2.83. The summed E-state index contributed by atoms with van der Waals surface area (Å²) in [6.45, 7) is 10.7. The van der Waals surface area contributed by atoms with E-state index in [1.54, 1.807) is 0 Å². The quantitative estimate of drug-likeness (QED) is 0.882. The number of hydrogen-bond donors (Lipinski definition) is 1. The molecule has 0 amide bonds. The van der Waals surface area contributed by atoms with Crippen LogP contribution in [-0.4, -0.2) is 23.5 Å². The second-order valence-electron chi connectivity index (χ2n) is 7.77. The van der Waals surface area contributed by atoms with E-state index in [0.717, 1.165) is 24.8 Å². The number of nitrogens with zero attached hydrogens (tertiary/aromatic N) is 1. The fourth-order valence-electron chi connectivity index (χ4n) is 3.28. The molecule has 1 aliphatic carbocycles. The summed E-state index contributed by atoms with van der Waals surface area (Å²) < 4.78 is 5.74. The van der Waals surface area contributed by atoms with Crippen molar-refractivity contribution in [2.24, 2.45) is 5.92 Å². The van der Waals surface area contributed by atoms with Crippen molar-refractivity contribution in [3.8, 4) is 0 Å². The Morgan fingerprint density at radius 1 is 1.29 bits per heavy atom. The summed E-state index contributed by atoms with van der Waals surface area (Å²) in [5, 5.41) is 3.50. The highest BCUT2D eigenvalue weighted by atomic mass is 16.3. The van der Waals surface area contributed by atoms with Gasteiger partial charge < -0.3 is 9.73 Å². The zero-order chi connectivity index (χ0) is 15.5. The molecule has 21 heavy (non-hydrogen) atoms. The number of furan rings is 1. The molecular weight excluding hydrogens is 260 g/mol.